The highest BCUT2D eigenvalue weighted by atomic mass is 19.1. The highest BCUT2D eigenvalue weighted by molar-refractivity contribution is 5.76. The van der Waals surface area contributed by atoms with Crippen molar-refractivity contribution in [1.82, 2.24) is 9.47 Å². The minimum Gasteiger partial charge on any atom is -0.336 e. The molecule has 1 heterocycles. The Labute approximate surface area is 106 Å². The molecule has 0 fully saturated rings. The van der Waals surface area contributed by atoms with Gasteiger partial charge in [0, 0.05) is 24.3 Å². The van der Waals surface area contributed by atoms with E-state index in [-0.39, 0.29) is 30.1 Å². The molecule has 100 valence electrons. The van der Waals surface area contributed by atoms with Crippen molar-refractivity contribution in [3.8, 4) is 0 Å². The molecule has 18 heavy (non-hydrogen) atoms. The molecule has 5 heteroatoms. The topological polar surface area (TPSA) is 42.3 Å². The fraction of sp³-hybridized carbons (Fsp3) is 0.538. The van der Waals surface area contributed by atoms with Gasteiger partial charge in [0.25, 0.3) is 5.56 Å². The van der Waals surface area contributed by atoms with E-state index < -0.39 is 5.82 Å². The molecule has 0 unspecified atom stereocenters. The molecular formula is C13H19FN2O2. The molecule has 1 aromatic heterocycles. The van der Waals surface area contributed by atoms with Gasteiger partial charge in [0.2, 0.25) is 5.91 Å². The Bertz CT molecular complexity index is 472. The maximum absolute atomic E-state index is 13.0. The van der Waals surface area contributed by atoms with Crippen LogP contribution >= 0.6 is 0 Å². The van der Waals surface area contributed by atoms with E-state index in [4.69, 9.17) is 0 Å². The molecule has 0 aliphatic carbocycles. The standard InChI is InChI=1S/C13H19FN2O2/c1-9(2)16(10(3)4)13(18)8-15-7-11(14)5-6-12(15)17/h5-7,9-10H,8H2,1-4H3. The first-order valence-corrected chi connectivity index (χ1v) is 6.00. The summed E-state index contributed by atoms with van der Waals surface area (Å²) in [6, 6.07) is 2.30. The summed E-state index contributed by atoms with van der Waals surface area (Å²) in [6.07, 6.45) is 1.05. The fourth-order valence-electron chi connectivity index (χ4n) is 2.03. The second-order valence-electron chi connectivity index (χ2n) is 4.80. The molecule has 0 spiro atoms. The van der Waals surface area contributed by atoms with Crippen molar-refractivity contribution in [2.45, 2.75) is 46.3 Å². The lowest BCUT2D eigenvalue weighted by molar-refractivity contribution is -0.135. The van der Waals surface area contributed by atoms with Gasteiger partial charge in [-0.3, -0.25) is 9.59 Å². The Hall–Kier alpha value is -1.65. The molecule has 0 N–H and O–H groups in total. The summed E-state index contributed by atoms with van der Waals surface area (Å²) in [5.74, 6) is -0.712. The van der Waals surface area contributed by atoms with E-state index in [1.807, 2.05) is 27.7 Å². The van der Waals surface area contributed by atoms with Gasteiger partial charge in [-0.05, 0) is 33.8 Å². The summed E-state index contributed by atoms with van der Waals surface area (Å²) in [7, 11) is 0. The monoisotopic (exact) mass is 254 g/mol. The molecule has 0 atom stereocenters. The molecule has 1 aromatic rings. The van der Waals surface area contributed by atoms with Crippen LogP contribution in [0.4, 0.5) is 4.39 Å². The normalized spacial score (nSPS) is 11.1. The van der Waals surface area contributed by atoms with Gasteiger partial charge in [-0.15, -0.1) is 0 Å². The first kappa shape index (κ1) is 14.4. The average Bonchev–Trinajstić information content (AvgIpc) is 2.22. The summed E-state index contributed by atoms with van der Waals surface area (Å²) in [6.45, 7) is 7.50. The Morgan fingerprint density at radius 3 is 2.33 bits per heavy atom. The van der Waals surface area contributed by atoms with Crippen molar-refractivity contribution in [2.24, 2.45) is 0 Å². The SMILES string of the molecule is CC(C)N(C(=O)Cn1cc(F)ccc1=O)C(C)C. The van der Waals surface area contributed by atoms with Crippen molar-refractivity contribution < 1.29 is 9.18 Å². The maximum Gasteiger partial charge on any atom is 0.251 e. The summed E-state index contributed by atoms with van der Waals surface area (Å²) < 4.78 is 14.1. The van der Waals surface area contributed by atoms with Crippen molar-refractivity contribution in [3.05, 3.63) is 34.5 Å². The van der Waals surface area contributed by atoms with E-state index >= 15 is 0 Å². The van der Waals surface area contributed by atoms with Gasteiger partial charge in [-0.1, -0.05) is 0 Å². The Morgan fingerprint density at radius 2 is 1.83 bits per heavy atom. The minimum absolute atomic E-state index is 0.0433. The first-order chi connectivity index (χ1) is 8.32. The number of pyridine rings is 1. The number of amides is 1. The summed E-state index contributed by atoms with van der Waals surface area (Å²) in [5.41, 5.74) is -0.378. The minimum atomic E-state index is -0.525. The summed E-state index contributed by atoms with van der Waals surface area (Å²) >= 11 is 0. The first-order valence-electron chi connectivity index (χ1n) is 6.00. The molecule has 0 aliphatic rings. The third-order valence-electron chi connectivity index (χ3n) is 2.65. The molecule has 4 nitrogen and oxygen atoms in total. The number of carbonyl (C=O) groups excluding carboxylic acids is 1. The van der Waals surface area contributed by atoms with E-state index in [9.17, 15) is 14.0 Å². The van der Waals surface area contributed by atoms with Gasteiger partial charge in [0.05, 0.1) is 0 Å². The van der Waals surface area contributed by atoms with E-state index in [0.717, 1.165) is 22.9 Å². The predicted molar refractivity (Wildman–Crippen MR) is 67.8 cm³/mol. The third-order valence-corrected chi connectivity index (χ3v) is 2.65. The van der Waals surface area contributed by atoms with Crippen LogP contribution in [0.2, 0.25) is 0 Å². The maximum atomic E-state index is 13.0. The lowest BCUT2D eigenvalue weighted by Gasteiger charge is -2.31. The molecular weight excluding hydrogens is 235 g/mol. The van der Waals surface area contributed by atoms with Gasteiger partial charge < -0.3 is 9.47 Å². The zero-order valence-corrected chi connectivity index (χ0v) is 11.2. The zero-order valence-electron chi connectivity index (χ0n) is 11.2. The predicted octanol–water partition coefficient (Wildman–Crippen LogP) is 1.63. The van der Waals surface area contributed by atoms with Gasteiger partial charge in [-0.2, -0.15) is 0 Å². The van der Waals surface area contributed by atoms with Crippen LogP contribution in [0.1, 0.15) is 27.7 Å². The molecule has 0 aromatic carbocycles. The van der Waals surface area contributed by atoms with E-state index in [1.165, 1.54) is 0 Å². The van der Waals surface area contributed by atoms with Crippen LogP contribution in [0.25, 0.3) is 0 Å². The molecule has 0 saturated carbocycles. The van der Waals surface area contributed by atoms with E-state index in [0.29, 0.717) is 0 Å². The quantitative estimate of drug-likeness (QED) is 0.819. The summed E-state index contributed by atoms with van der Waals surface area (Å²) in [4.78, 5) is 25.3. The lowest BCUT2D eigenvalue weighted by atomic mass is 10.2. The van der Waals surface area contributed by atoms with E-state index in [1.54, 1.807) is 4.90 Å². The van der Waals surface area contributed by atoms with Gasteiger partial charge in [-0.25, -0.2) is 4.39 Å². The van der Waals surface area contributed by atoms with Crippen LogP contribution in [0.5, 0.6) is 0 Å². The van der Waals surface area contributed by atoms with Crippen LogP contribution in [-0.2, 0) is 11.3 Å². The number of carbonyl (C=O) groups is 1. The number of nitrogens with zero attached hydrogens (tertiary/aromatic N) is 2. The van der Waals surface area contributed by atoms with Gasteiger partial charge in [0.15, 0.2) is 0 Å². The molecule has 0 bridgehead atoms. The Kier molecular flexibility index (Phi) is 4.64. The average molecular weight is 254 g/mol. The number of aromatic nitrogens is 1. The second-order valence-corrected chi connectivity index (χ2v) is 4.80. The number of hydrogen-bond acceptors (Lipinski definition) is 2. The summed E-state index contributed by atoms with van der Waals surface area (Å²) in [5, 5.41) is 0. The highest BCUT2D eigenvalue weighted by Crippen LogP contribution is 2.06. The van der Waals surface area contributed by atoms with Crippen molar-refractivity contribution >= 4 is 5.91 Å². The highest BCUT2D eigenvalue weighted by Gasteiger charge is 2.20. The molecule has 1 rings (SSSR count). The lowest BCUT2D eigenvalue weighted by Crippen LogP contribution is -2.44. The number of hydrogen-bond donors (Lipinski definition) is 0. The number of halogens is 1. The van der Waals surface area contributed by atoms with Crippen LogP contribution in [-0.4, -0.2) is 27.5 Å². The van der Waals surface area contributed by atoms with Gasteiger partial charge >= 0.3 is 0 Å². The van der Waals surface area contributed by atoms with Crippen LogP contribution in [0.3, 0.4) is 0 Å². The van der Waals surface area contributed by atoms with Crippen molar-refractivity contribution in [2.75, 3.05) is 0 Å². The smallest absolute Gasteiger partial charge is 0.251 e. The Morgan fingerprint density at radius 1 is 1.28 bits per heavy atom. The van der Waals surface area contributed by atoms with Crippen LogP contribution in [0.15, 0.2) is 23.1 Å². The zero-order chi connectivity index (χ0) is 13.9. The fourth-order valence-corrected chi connectivity index (χ4v) is 2.03. The largest absolute Gasteiger partial charge is 0.336 e. The van der Waals surface area contributed by atoms with Crippen molar-refractivity contribution in [3.63, 3.8) is 0 Å². The second kappa shape index (κ2) is 5.80. The van der Waals surface area contributed by atoms with E-state index in [2.05, 4.69) is 0 Å². The number of rotatable bonds is 4. The third kappa shape index (κ3) is 3.42. The molecule has 0 radical (unpaired) electrons. The molecule has 0 saturated heterocycles. The Balaban J connectivity index is 2.93. The van der Waals surface area contributed by atoms with Crippen LogP contribution in [0, 0.1) is 5.82 Å². The molecule has 1 amide bonds. The molecule has 0 aliphatic heterocycles. The van der Waals surface area contributed by atoms with Crippen LogP contribution < -0.4 is 5.56 Å². The van der Waals surface area contributed by atoms with Crippen molar-refractivity contribution in [1.29, 1.82) is 0 Å². The van der Waals surface area contributed by atoms with Gasteiger partial charge in [0.1, 0.15) is 12.4 Å².